The zero-order valence-corrected chi connectivity index (χ0v) is 14.4. The fourth-order valence-corrected chi connectivity index (χ4v) is 2.71. The molecule has 0 spiro atoms. The third kappa shape index (κ3) is 4.61. The van der Waals surface area contributed by atoms with E-state index in [1.165, 1.54) is 0 Å². The first-order chi connectivity index (χ1) is 12.6. The van der Waals surface area contributed by atoms with Gasteiger partial charge in [0.1, 0.15) is 24.5 Å². The van der Waals surface area contributed by atoms with Gasteiger partial charge in [0, 0.05) is 12.2 Å². The maximum atomic E-state index is 12.4. The Hall–Kier alpha value is -2.86. The van der Waals surface area contributed by atoms with Gasteiger partial charge in [0.25, 0.3) is 0 Å². The number of esters is 1. The number of para-hydroxylation sites is 1. The summed E-state index contributed by atoms with van der Waals surface area (Å²) < 4.78 is 16.7. The molecule has 2 aromatic carbocycles. The lowest BCUT2D eigenvalue weighted by Gasteiger charge is -2.14. The van der Waals surface area contributed by atoms with E-state index >= 15 is 0 Å². The third-order valence-electron chi connectivity index (χ3n) is 4.16. The van der Waals surface area contributed by atoms with Crippen molar-refractivity contribution in [2.24, 2.45) is 5.73 Å². The summed E-state index contributed by atoms with van der Waals surface area (Å²) in [5.74, 6) is -0.477. The SMILES string of the molecule is NC(=O)c1ccc(COC(=O)c2ccccc2OCC2CCCO2)cc1. The van der Waals surface area contributed by atoms with Crippen molar-refractivity contribution in [1.29, 1.82) is 0 Å². The fraction of sp³-hybridized carbons (Fsp3) is 0.300. The molecular formula is C20H21NO5. The van der Waals surface area contributed by atoms with Crippen LogP contribution in [0.5, 0.6) is 5.75 Å². The van der Waals surface area contributed by atoms with E-state index in [9.17, 15) is 9.59 Å². The molecule has 0 aromatic heterocycles. The lowest BCUT2D eigenvalue weighted by molar-refractivity contribution is 0.0454. The van der Waals surface area contributed by atoms with Crippen LogP contribution in [-0.4, -0.2) is 31.2 Å². The Bertz CT molecular complexity index is 766. The molecular weight excluding hydrogens is 334 g/mol. The average molecular weight is 355 g/mol. The van der Waals surface area contributed by atoms with Crippen molar-refractivity contribution in [3.8, 4) is 5.75 Å². The van der Waals surface area contributed by atoms with E-state index in [2.05, 4.69) is 0 Å². The number of rotatable bonds is 7. The van der Waals surface area contributed by atoms with E-state index in [-0.39, 0.29) is 12.7 Å². The van der Waals surface area contributed by atoms with Gasteiger partial charge in [-0.25, -0.2) is 4.79 Å². The van der Waals surface area contributed by atoms with Crippen LogP contribution in [0.2, 0.25) is 0 Å². The van der Waals surface area contributed by atoms with Gasteiger partial charge in [0.15, 0.2) is 0 Å². The van der Waals surface area contributed by atoms with Crippen molar-refractivity contribution in [1.82, 2.24) is 0 Å². The van der Waals surface area contributed by atoms with Crippen molar-refractivity contribution in [2.75, 3.05) is 13.2 Å². The van der Waals surface area contributed by atoms with E-state index in [0.29, 0.717) is 23.5 Å². The molecule has 6 nitrogen and oxygen atoms in total. The van der Waals surface area contributed by atoms with E-state index in [1.54, 1.807) is 42.5 Å². The molecule has 1 aliphatic heterocycles. The van der Waals surface area contributed by atoms with Crippen molar-refractivity contribution in [2.45, 2.75) is 25.6 Å². The van der Waals surface area contributed by atoms with Gasteiger partial charge in [-0.3, -0.25) is 4.79 Å². The van der Waals surface area contributed by atoms with E-state index in [1.807, 2.05) is 6.07 Å². The minimum atomic E-state index is -0.495. The zero-order chi connectivity index (χ0) is 18.4. The number of nitrogens with two attached hydrogens (primary N) is 1. The molecule has 1 aliphatic rings. The Morgan fingerprint density at radius 1 is 1.12 bits per heavy atom. The quantitative estimate of drug-likeness (QED) is 0.772. The van der Waals surface area contributed by atoms with Crippen molar-refractivity contribution in [3.05, 3.63) is 65.2 Å². The van der Waals surface area contributed by atoms with Gasteiger partial charge in [-0.1, -0.05) is 24.3 Å². The van der Waals surface area contributed by atoms with Gasteiger partial charge in [-0.2, -0.15) is 0 Å². The monoisotopic (exact) mass is 355 g/mol. The van der Waals surface area contributed by atoms with Crippen LogP contribution in [0.1, 0.15) is 39.1 Å². The highest BCUT2D eigenvalue weighted by Gasteiger charge is 2.19. The number of carbonyl (C=O) groups is 2. The van der Waals surface area contributed by atoms with E-state index < -0.39 is 11.9 Å². The minimum Gasteiger partial charge on any atom is -0.490 e. The molecule has 0 saturated carbocycles. The van der Waals surface area contributed by atoms with Crippen LogP contribution < -0.4 is 10.5 Å². The molecule has 3 rings (SSSR count). The van der Waals surface area contributed by atoms with Crippen LogP contribution in [0.3, 0.4) is 0 Å². The van der Waals surface area contributed by atoms with Gasteiger partial charge >= 0.3 is 5.97 Å². The first-order valence-corrected chi connectivity index (χ1v) is 8.53. The van der Waals surface area contributed by atoms with Gasteiger partial charge in [0.2, 0.25) is 5.91 Å². The largest absolute Gasteiger partial charge is 0.490 e. The summed E-state index contributed by atoms with van der Waals surface area (Å²) in [5.41, 5.74) is 6.75. The predicted octanol–water partition coefficient (Wildman–Crippen LogP) is 2.70. The molecule has 2 N–H and O–H groups in total. The predicted molar refractivity (Wildman–Crippen MR) is 95.0 cm³/mol. The summed E-state index contributed by atoms with van der Waals surface area (Å²) in [6.45, 7) is 1.27. The fourth-order valence-electron chi connectivity index (χ4n) is 2.71. The van der Waals surface area contributed by atoms with Gasteiger partial charge in [-0.05, 0) is 42.7 Å². The molecule has 1 saturated heterocycles. The lowest BCUT2D eigenvalue weighted by atomic mass is 10.1. The molecule has 0 radical (unpaired) electrons. The van der Waals surface area contributed by atoms with Crippen LogP contribution in [-0.2, 0) is 16.1 Å². The second-order valence-corrected chi connectivity index (χ2v) is 6.08. The molecule has 0 bridgehead atoms. The van der Waals surface area contributed by atoms with Crippen LogP contribution in [0.25, 0.3) is 0 Å². The van der Waals surface area contributed by atoms with Gasteiger partial charge in [-0.15, -0.1) is 0 Å². The van der Waals surface area contributed by atoms with Crippen LogP contribution in [0.4, 0.5) is 0 Å². The number of benzene rings is 2. The van der Waals surface area contributed by atoms with Crippen molar-refractivity contribution < 1.29 is 23.8 Å². The normalized spacial score (nSPS) is 16.2. The molecule has 1 atom stereocenters. The number of carbonyl (C=O) groups excluding carboxylic acids is 2. The Labute approximate surface area is 151 Å². The zero-order valence-electron chi connectivity index (χ0n) is 14.4. The first kappa shape index (κ1) is 17.9. The van der Waals surface area contributed by atoms with E-state index in [4.69, 9.17) is 19.9 Å². The summed E-state index contributed by atoms with van der Waals surface area (Å²) in [6, 6.07) is 13.6. The Morgan fingerprint density at radius 3 is 2.58 bits per heavy atom. The Balaban J connectivity index is 1.59. The number of hydrogen-bond donors (Lipinski definition) is 1. The summed E-state index contributed by atoms with van der Waals surface area (Å²) in [7, 11) is 0. The highest BCUT2D eigenvalue weighted by Crippen LogP contribution is 2.21. The second-order valence-electron chi connectivity index (χ2n) is 6.08. The summed E-state index contributed by atoms with van der Waals surface area (Å²) >= 11 is 0. The highest BCUT2D eigenvalue weighted by molar-refractivity contribution is 5.93. The molecule has 26 heavy (non-hydrogen) atoms. The minimum absolute atomic E-state index is 0.0721. The molecule has 1 heterocycles. The smallest absolute Gasteiger partial charge is 0.342 e. The molecule has 1 fully saturated rings. The summed E-state index contributed by atoms with van der Waals surface area (Å²) in [6.07, 6.45) is 2.07. The van der Waals surface area contributed by atoms with Crippen molar-refractivity contribution in [3.63, 3.8) is 0 Å². The standard InChI is InChI=1S/C20H21NO5/c21-19(22)15-9-7-14(8-10-15)12-26-20(23)17-5-1-2-6-18(17)25-13-16-4-3-11-24-16/h1-2,5-10,16H,3-4,11-13H2,(H2,21,22). The molecule has 6 heteroatoms. The van der Waals surface area contributed by atoms with Crippen LogP contribution in [0.15, 0.2) is 48.5 Å². The maximum Gasteiger partial charge on any atom is 0.342 e. The number of ether oxygens (including phenoxy) is 3. The first-order valence-electron chi connectivity index (χ1n) is 8.53. The average Bonchev–Trinajstić information content (AvgIpc) is 3.18. The number of amides is 1. The van der Waals surface area contributed by atoms with E-state index in [0.717, 1.165) is 25.0 Å². The molecule has 0 aliphatic carbocycles. The second kappa shape index (κ2) is 8.49. The topological polar surface area (TPSA) is 87.9 Å². The van der Waals surface area contributed by atoms with Gasteiger partial charge < -0.3 is 19.9 Å². The number of primary amides is 1. The molecule has 1 unspecified atom stereocenters. The van der Waals surface area contributed by atoms with Crippen LogP contribution >= 0.6 is 0 Å². The molecule has 2 aromatic rings. The number of hydrogen-bond acceptors (Lipinski definition) is 5. The van der Waals surface area contributed by atoms with Crippen LogP contribution in [0, 0.1) is 0 Å². The molecule has 1 amide bonds. The van der Waals surface area contributed by atoms with Crippen molar-refractivity contribution >= 4 is 11.9 Å². The third-order valence-corrected chi connectivity index (χ3v) is 4.16. The summed E-state index contributed by atoms with van der Waals surface area (Å²) in [4.78, 5) is 23.5. The Morgan fingerprint density at radius 2 is 1.88 bits per heavy atom. The van der Waals surface area contributed by atoms with Gasteiger partial charge in [0.05, 0.1) is 6.10 Å². The summed E-state index contributed by atoms with van der Waals surface area (Å²) in [5, 5.41) is 0. The highest BCUT2D eigenvalue weighted by atomic mass is 16.5. The lowest BCUT2D eigenvalue weighted by Crippen LogP contribution is -2.17. The Kier molecular flexibility index (Phi) is 5.86. The molecule has 136 valence electrons. The maximum absolute atomic E-state index is 12.4.